The highest BCUT2D eigenvalue weighted by Gasteiger charge is 2.50. The maximum absolute atomic E-state index is 6.95. The van der Waals surface area contributed by atoms with Gasteiger partial charge in [-0.1, -0.05) is 115 Å². The van der Waals surface area contributed by atoms with E-state index in [9.17, 15) is 0 Å². The smallest absolute Gasteiger partial charge is 0.132 e. The molecular formula is C47H36N2O2. The predicted molar refractivity (Wildman–Crippen MR) is 206 cm³/mol. The monoisotopic (exact) mass is 660 g/mol. The van der Waals surface area contributed by atoms with Gasteiger partial charge in [0, 0.05) is 63.1 Å². The topological polar surface area (TPSA) is 35.8 Å². The summed E-state index contributed by atoms with van der Waals surface area (Å²) in [5, 5.41) is 1.32. The number of hydrogen-bond acceptors (Lipinski definition) is 3. The highest BCUT2D eigenvalue weighted by molar-refractivity contribution is 6.01. The van der Waals surface area contributed by atoms with E-state index in [0.29, 0.717) is 5.92 Å². The molecule has 0 N–H and O–H groups in total. The Morgan fingerprint density at radius 2 is 1.47 bits per heavy atom. The van der Waals surface area contributed by atoms with Gasteiger partial charge < -0.3 is 14.0 Å². The Hall–Kier alpha value is -5.87. The summed E-state index contributed by atoms with van der Waals surface area (Å²) < 4.78 is 16.4. The third kappa shape index (κ3) is 4.11. The van der Waals surface area contributed by atoms with E-state index in [1.54, 1.807) is 0 Å². The highest BCUT2D eigenvalue weighted by atomic mass is 16.5. The van der Waals surface area contributed by atoms with Gasteiger partial charge in [0.15, 0.2) is 0 Å². The Morgan fingerprint density at radius 1 is 0.706 bits per heavy atom. The molecule has 4 heterocycles. The van der Waals surface area contributed by atoms with Crippen LogP contribution in [0.4, 0.5) is 0 Å². The summed E-state index contributed by atoms with van der Waals surface area (Å²) in [4.78, 5) is 4.54. The van der Waals surface area contributed by atoms with Crippen molar-refractivity contribution in [3.8, 4) is 34.1 Å². The Balaban J connectivity index is 1.16. The molecule has 0 saturated carbocycles. The van der Waals surface area contributed by atoms with E-state index in [1.165, 1.54) is 33.3 Å². The lowest BCUT2D eigenvalue weighted by Crippen LogP contribution is -2.36. The van der Waals surface area contributed by atoms with Crippen molar-refractivity contribution < 1.29 is 9.47 Å². The Labute approximate surface area is 297 Å². The molecule has 6 aromatic rings. The number of fused-ring (bicyclic) bond motifs is 11. The molecule has 246 valence electrons. The highest BCUT2D eigenvalue weighted by Crippen LogP contribution is 2.62. The number of hydrogen-bond donors (Lipinski definition) is 0. The van der Waals surface area contributed by atoms with Crippen molar-refractivity contribution in [2.75, 3.05) is 6.54 Å². The first kappa shape index (κ1) is 28.9. The first-order chi connectivity index (χ1) is 25.3. The minimum atomic E-state index is -0.621. The first-order valence-electron chi connectivity index (χ1n) is 18.3. The van der Waals surface area contributed by atoms with Gasteiger partial charge in [0.05, 0.1) is 17.0 Å². The molecule has 0 saturated heterocycles. The summed E-state index contributed by atoms with van der Waals surface area (Å²) in [5.41, 5.74) is 11.6. The molecule has 4 nitrogen and oxygen atoms in total. The van der Waals surface area contributed by atoms with Crippen LogP contribution in [0.5, 0.6) is 23.0 Å². The fraction of sp³-hybridized carbons (Fsp3) is 0.170. The van der Waals surface area contributed by atoms with E-state index >= 15 is 0 Å². The van der Waals surface area contributed by atoms with Gasteiger partial charge in [0.25, 0.3) is 0 Å². The van der Waals surface area contributed by atoms with Crippen LogP contribution < -0.4 is 9.47 Å². The van der Waals surface area contributed by atoms with Gasteiger partial charge in [0.2, 0.25) is 0 Å². The molecular weight excluding hydrogens is 625 g/mol. The van der Waals surface area contributed by atoms with Crippen LogP contribution in [0.3, 0.4) is 0 Å². The van der Waals surface area contributed by atoms with Crippen molar-refractivity contribution in [1.82, 2.24) is 4.57 Å². The van der Waals surface area contributed by atoms with Crippen molar-refractivity contribution in [3.05, 3.63) is 173 Å². The van der Waals surface area contributed by atoms with Gasteiger partial charge in [-0.25, -0.2) is 0 Å². The molecule has 1 spiro atoms. The van der Waals surface area contributed by atoms with Crippen LogP contribution in [-0.4, -0.2) is 17.3 Å². The molecule has 0 radical (unpaired) electrons. The van der Waals surface area contributed by atoms with E-state index in [1.807, 2.05) is 0 Å². The molecule has 3 aliphatic heterocycles. The Kier molecular flexibility index (Phi) is 6.27. The molecule has 51 heavy (non-hydrogen) atoms. The predicted octanol–water partition coefficient (Wildman–Crippen LogP) is 11.5. The number of rotatable bonds is 3. The van der Waals surface area contributed by atoms with Gasteiger partial charge in [-0.05, 0) is 61.1 Å². The Morgan fingerprint density at radius 3 is 2.24 bits per heavy atom. The number of benzene rings is 5. The van der Waals surface area contributed by atoms with Gasteiger partial charge in [-0.15, -0.1) is 0 Å². The normalized spacial score (nSPS) is 21.8. The summed E-state index contributed by atoms with van der Waals surface area (Å²) in [6.45, 7) is 0.877. The average molecular weight is 661 g/mol. The van der Waals surface area contributed by atoms with Gasteiger partial charge in [-0.2, -0.15) is 0 Å². The van der Waals surface area contributed by atoms with Crippen LogP contribution in [0.25, 0.3) is 28.1 Å². The SMILES string of the molecule is C1=CCC(n2c3c(c4cccc(-c5ccc6c(c5)Oc5ccccc5C65c6ccccc6Oc6cc(C7C=NCC7)ccc65)c42)C=CCC3)C=C1. The fourth-order valence-electron chi connectivity index (χ4n) is 9.49. The molecule has 1 aromatic heterocycles. The number of aromatic nitrogens is 1. The van der Waals surface area contributed by atoms with Crippen molar-refractivity contribution >= 4 is 23.2 Å². The minimum Gasteiger partial charge on any atom is -0.457 e. The summed E-state index contributed by atoms with van der Waals surface area (Å²) in [6, 6.07) is 37.9. The first-order valence-corrected chi connectivity index (χ1v) is 18.3. The summed E-state index contributed by atoms with van der Waals surface area (Å²) >= 11 is 0. The van der Waals surface area contributed by atoms with Crippen molar-refractivity contribution in [3.63, 3.8) is 0 Å². The van der Waals surface area contributed by atoms with Crippen molar-refractivity contribution in [2.45, 2.75) is 43.1 Å². The average Bonchev–Trinajstić information content (AvgIpc) is 3.85. The van der Waals surface area contributed by atoms with Crippen LogP contribution in [0.2, 0.25) is 0 Å². The van der Waals surface area contributed by atoms with E-state index in [4.69, 9.17) is 9.47 Å². The zero-order chi connectivity index (χ0) is 33.5. The van der Waals surface area contributed by atoms with E-state index < -0.39 is 5.41 Å². The zero-order valence-electron chi connectivity index (χ0n) is 28.3. The number of allylic oxidation sites excluding steroid dienone is 5. The number of ether oxygens (including phenoxy) is 2. The fourth-order valence-corrected chi connectivity index (χ4v) is 9.49. The second-order valence-electron chi connectivity index (χ2n) is 14.4. The quantitative estimate of drug-likeness (QED) is 0.189. The maximum Gasteiger partial charge on any atom is 0.132 e. The van der Waals surface area contributed by atoms with E-state index in [-0.39, 0.29) is 6.04 Å². The molecule has 3 unspecified atom stereocenters. The number of aliphatic imine (C=N–C) groups is 1. The van der Waals surface area contributed by atoms with Crippen LogP contribution in [-0.2, 0) is 11.8 Å². The lowest BCUT2D eigenvalue weighted by Gasteiger charge is -2.45. The van der Waals surface area contributed by atoms with Crippen LogP contribution in [0.1, 0.15) is 70.3 Å². The molecule has 5 aliphatic rings. The maximum atomic E-state index is 6.95. The van der Waals surface area contributed by atoms with Crippen molar-refractivity contribution in [2.24, 2.45) is 4.99 Å². The molecule has 0 amide bonds. The molecule has 5 aromatic carbocycles. The van der Waals surface area contributed by atoms with E-state index in [0.717, 1.165) is 83.0 Å². The second-order valence-corrected chi connectivity index (χ2v) is 14.4. The Bertz CT molecular complexity index is 2530. The molecule has 4 heteroatoms. The second kappa shape index (κ2) is 11.1. The molecule has 3 atom stereocenters. The third-order valence-electron chi connectivity index (χ3n) is 11.7. The number of para-hydroxylation sites is 3. The lowest BCUT2D eigenvalue weighted by molar-refractivity contribution is 0.399. The van der Waals surface area contributed by atoms with Crippen LogP contribution >= 0.6 is 0 Å². The standard InChI is InChI=1S/C47H36N2O2/c1-2-11-33(12-3-1)49-41-18-7-4-13-35(41)36-15-10-14-34(46(36)49)31-22-24-40-45(28-31)51-43-20-9-6-17-38(43)47(40)37-16-5-8-19-42(37)50-44-27-30(21-23-39(44)47)32-25-26-48-29-32/h1-6,8-11,13-17,19-24,27-29,32-33H,7,12,18,25-26H2. The van der Waals surface area contributed by atoms with Crippen molar-refractivity contribution in [1.29, 1.82) is 0 Å². The van der Waals surface area contributed by atoms with Crippen LogP contribution in [0.15, 0.2) is 139 Å². The summed E-state index contributed by atoms with van der Waals surface area (Å²) in [7, 11) is 0. The van der Waals surface area contributed by atoms with Gasteiger partial charge in [-0.3, -0.25) is 4.99 Å². The van der Waals surface area contributed by atoms with E-state index in [2.05, 4.69) is 155 Å². The summed E-state index contributed by atoms with van der Waals surface area (Å²) in [5.74, 6) is 3.84. The molecule has 2 aliphatic carbocycles. The third-order valence-corrected chi connectivity index (χ3v) is 11.7. The zero-order valence-corrected chi connectivity index (χ0v) is 28.3. The molecule has 0 bridgehead atoms. The minimum absolute atomic E-state index is 0.286. The van der Waals surface area contributed by atoms with Gasteiger partial charge in [0.1, 0.15) is 23.0 Å². The molecule has 0 fully saturated rings. The summed E-state index contributed by atoms with van der Waals surface area (Å²) in [6.07, 6.45) is 19.9. The van der Waals surface area contributed by atoms with Crippen LogP contribution in [0, 0.1) is 0 Å². The largest absolute Gasteiger partial charge is 0.457 e. The number of nitrogens with zero attached hydrogens (tertiary/aromatic N) is 2. The van der Waals surface area contributed by atoms with Gasteiger partial charge >= 0.3 is 0 Å². The lowest BCUT2D eigenvalue weighted by atomic mass is 9.62. The molecule has 11 rings (SSSR count).